The van der Waals surface area contributed by atoms with Gasteiger partial charge in [-0.05, 0) is 55.8 Å². The number of nitrogens with one attached hydrogen (secondary N) is 2. The number of para-hydroxylation sites is 1. The van der Waals surface area contributed by atoms with Gasteiger partial charge in [0.15, 0.2) is 0 Å². The highest BCUT2D eigenvalue weighted by molar-refractivity contribution is 6.07. The number of hydrogen-bond donors (Lipinski definition) is 2. The Morgan fingerprint density at radius 3 is 2.54 bits per heavy atom. The molecule has 0 bridgehead atoms. The number of carbonyl (C=O) groups is 3. The molecule has 3 aromatic carbocycles. The fourth-order valence-electron chi connectivity index (χ4n) is 4.15. The van der Waals surface area contributed by atoms with Gasteiger partial charge in [0.1, 0.15) is 5.75 Å². The predicted molar refractivity (Wildman–Crippen MR) is 135 cm³/mol. The van der Waals surface area contributed by atoms with Crippen LogP contribution in [0.4, 0.5) is 11.4 Å². The third kappa shape index (κ3) is 5.87. The number of aryl methyl sites for hydroxylation is 1. The molecule has 0 aliphatic carbocycles. The maximum atomic E-state index is 13.0. The molecule has 0 unspecified atom stereocenters. The molecule has 7 nitrogen and oxygen atoms in total. The Kier molecular flexibility index (Phi) is 7.45. The molecule has 1 saturated heterocycles. The zero-order valence-corrected chi connectivity index (χ0v) is 19.9. The fraction of sp³-hybridized carbons (Fsp3) is 0.250. The Balaban J connectivity index is 1.40. The van der Waals surface area contributed by atoms with Crippen LogP contribution in [0.3, 0.4) is 0 Å². The summed E-state index contributed by atoms with van der Waals surface area (Å²) >= 11 is 0. The molecular weight excluding hydrogens is 442 g/mol. The van der Waals surface area contributed by atoms with Crippen molar-refractivity contribution in [2.24, 2.45) is 5.92 Å². The van der Waals surface area contributed by atoms with E-state index in [1.54, 1.807) is 29.2 Å². The lowest BCUT2D eigenvalue weighted by atomic mass is 10.1. The highest BCUT2D eigenvalue weighted by Gasteiger charge is 2.35. The first-order valence-electron chi connectivity index (χ1n) is 11.7. The molecule has 1 aliphatic rings. The molecule has 3 aromatic rings. The second kappa shape index (κ2) is 10.9. The van der Waals surface area contributed by atoms with Gasteiger partial charge in [-0.3, -0.25) is 14.4 Å². The monoisotopic (exact) mass is 471 g/mol. The summed E-state index contributed by atoms with van der Waals surface area (Å²) in [6, 6.07) is 22.1. The van der Waals surface area contributed by atoms with E-state index in [1.807, 2.05) is 62.4 Å². The SMILES string of the molecule is CCOc1ccc(N2C[C@H](C(=O)Nc3ccccc3C(=O)NCc3cccc(C)c3)CC2=O)cc1. The quantitative estimate of drug-likeness (QED) is 0.512. The number of ether oxygens (including phenoxy) is 1. The van der Waals surface area contributed by atoms with Gasteiger partial charge in [-0.1, -0.05) is 42.0 Å². The molecule has 1 aliphatic heterocycles. The number of carbonyl (C=O) groups excluding carboxylic acids is 3. The summed E-state index contributed by atoms with van der Waals surface area (Å²) in [6.45, 7) is 5.14. The average Bonchev–Trinajstić information content (AvgIpc) is 3.25. The van der Waals surface area contributed by atoms with Crippen molar-refractivity contribution >= 4 is 29.1 Å². The highest BCUT2D eigenvalue weighted by atomic mass is 16.5. The van der Waals surface area contributed by atoms with Gasteiger partial charge in [0.05, 0.1) is 23.8 Å². The van der Waals surface area contributed by atoms with Crippen molar-refractivity contribution in [3.05, 3.63) is 89.5 Å². The number of nitrogens with zero attached hydrogens (tertiary/aromatic N) is 1. The molecule has 7 heteroatoms. The number of amides is 3. The third-order valence-corrected chi connectivity index (χ3v) is 5.92. The number of anilines is 2. The van der Waals surface area contributed by atoms with Crippen molar-refractivity contribution in [2.75, 3.05) is 23.4 Å². The summed E-state index contributed by atoms with van der Waals surface area (Å²) in [5, 5.41) is 5.77. The van der Waals surface area contributed by atoms with E-state index in [4.69, 9.17) is 4.74 Å². The summed E-state index contributed by atoms with van der Waals surface area (Å²) in [7, 11) is 0. The van der Waals surface area contributed by atoms with Gasteiger partial charge < -0.3 is 20.3 Å². The van der Waals surface area contributed by atoms with Gasteiger partial charge >= 0.3 is 0 Å². The summed E-state index contributed by atoms with van der Waals surface area (Å²) in [6.07, 6.45) is 0.112. The van der Waals surface area contributed by atoms with Gasteiger partial charge in [-0.2, -0.15) is 0 Å². The van der Waals surface area contributed by atoms with Crippen molar-refractivity contribution in [3.63, 3.8) is 0 Å². The van der Waals surface area contributed by atoms with Crippen LogP contribution in [-0.4, -0.2) is 30.9 Å². The van der Waals surface area contributed by atoms with E-state index >= 15 is 0 Å². The zero-order valence-electron chi connectivity index (χ0n) is 19.9. The molecular formula is C28H29N3O4. The Morgan fingerprint density at radius 2 is 1.80 bits per heavy atom. The van der Waals surface area contributed by atoms with Gasteiger partial charge in [0.25, 0.3) is 5.91 Å². The van der Waals surface area contributed by atoms with Crippen molar-refractivity contribution in [2.45, 2.75) is 26.8 Å². The van der Waals surface area contributed by atoms with Crippen LogP contribution in [0.15, 0.2) is 72.8 Å². The summed E-state index contributed by atoms with van der Waals surface area (Å²) in [5.74, 6) is -0.461. The van der Waals surface area contributed by atoms with Gasteiger partial charge in [-0.15, -0.1) is 0 Å². The molecule has 1 heterocycles. The van der Waals surface area contributed by atoms with Crippen LogP contribution in [0.1, 0.15) is 34.8 Å². The van der Waals surface area contributed by atoms with Gasteiger partial charge in [0, 0.05) is 25.2 Å². The van der Waals surface area contributed by atoms with E-state index < -0.39 is 5.92 Å². The Hall–Kier alpha value is -4.13. The second-order valence-electron chi connectivity index (χ2n) is 8.54. The predicted octanol–water partition coefficient (Wildman–Crippen LogP) is 4.32. The molecule has 1 atom stereocenters. The van der Waals surface area contributed by atoms with Crippen LogP contribution < -0.4 is 20.3 Å². The highest BCUT2D eigenvalue weighted by Crippen LogP contribution is 2.28. The smallest absolute Gasteiger partial charge is 0.253 e. The van der Waals surface area contributed by atoms with Gasteiger partial charge in [-0.25, -0.2) is 0 Å². The topological polar surface area (TPSA) is 87.7 Å². The standard InChI is InChI=1S/C28H29N3O4/c1-3-35-23-13-11-22(12-14-23)31-18-21(16-26(31)32)27(33)30-25-10-5-4-9-24(25)28(34)29-17-20-8-6-7-19(2)15-20/h4-15,21H,3,16-18H2,1-2H3,(H,29,34)(H,30,33)/t21-/m1/s1. The minimum atomic E-state index is -0.516. The van der Waals surface area contributed by atoms with Crippen LogP contribution in [0.2, 0.25) is 0 Å². The van der Waals surface area contributed by atoms with E-state index in [0.717, 1.165) is 22.6 Å². The maximum Gasteiger partial charge on any atom is 0.253 e. The molecule has 1 fully saturated rings. The summed E-state index contributed by atoms with van der Waals surface area (Å²) < 4.78 is 5.45. The van der Waals surface area contributed by atoms with Crippen molar-refractivity contribution in [3.8, 4) is 5.75 Å². The third-order valence-electron chi connectivity index (χ3n) is 5.92. The number of benzene rings is 3. The first-order chi connectivity index (χ1) is 16.9. The minimum absolute atomic E-state index is 0.112. The first kappa shape index (κ1) is 24.0. The second-order valence-corrected chi connectivity index (χ2v) is 8.54. The minimum Gasteiger partial charge on any atom is -0.494 e. The van der Waals surface area contributed by atoms with Crippen LogP contribution in [-0.2, 0) is 16.1 Å². The van der Waals surface area contributed by atoms with Crippen LogP contribution in [0, 0.1) is 12.8 Å². The van der Waals surface area contributed by atoms with Crippen molar-refractivity contribution < 1.29 is 19.1 Å². The van der Waals surface area contributed by atoms with E-state index in [0.29, 0.717) is 24.4 Å². The van der Waals surface area contributed by atoms with E-state index in [1.165, 1.54) is 0 Å². The lowest BCUT2D eigenvalue weighted by Gasteiger charge is -2.17. The number of rotatable bonds is 8. The van der Waals surface area contributed by atoms with Gasteiger partial charge in [0.2, 0.25) is 11.8 Å². The van der Waals surface area contributed by atoms with Crippen LogP contribution in [0.5, 0.6) is 5.75 Å². The Labute approximate surface area is 205 Å². The summed E-state index contributed by atoms with van der Waals surface area (Å²) in [5.41, 5.74) is 3.64. The fourth-order valence-corrected chi connectivity index (χ4v) is 4.15. The normalized spacial score (nSPS) is 15.1. The lowest BCUT2D eigenvalue weighted by molar-refractivity contribution is -0.122. The lowest BCUT2D eigenvalue weighted by Crippen LogP contribution is -2.29. The van der Waals surface area contributed by atoms with Crippen molar-refractivity contribution in [1.82, 2.24) is 5.32 Å². The Bertz CT molecular complexity index is 1220. The molecule has 3 amide bonds. The van der Waals surface area contributed by atoms with Crippen LogP contribution in [0.25, 0.3) is 0 Å². The van der Waals surface area contributed by atoms with E-state index in [2.05, 4.69) is 10.6 Å². The van der Waals surface area contributed by atoms with Crippen molar-refractivity contribution in [1.29, 1.82) is 0 Å². The Morgan fingerprint density at radius 1 is 1.03 bits per heavy atom. The molecule has 180 valence electrons. The summed E-state index contributed by atoms with van der Waals surface area (Å²) in [4.78, 5) is 40.1. The molecule has 0 aromatic heterocycles. The number of hydrogen-bond acceptors (Lipinski definition) is 4. The first-order valence-corrected chi connectivity index (χ1v) is 11.7. The van der Waals surface area contributed by atoms with E-state index in [9.17, 15) is 14.4 Å². The zero-order chi connectivity index (χ0) is 24.8. The largest absolute Gasteiger partial charge is 0.494 e. The molecule has 0 saturated carbocycles. The average molecular weight is 472 g/mol. The maximum absolute atomic E-state index is 13.0. The molecule has 2 N–H and O–H groups in total. The molecule has 35 heavy (non-hydrogen) atoms. The molecule has 0 spiro atoms. The van der Waals surface area contributed by atoms with E-state index in [-0.39, 0.29) is 30.7 Å². The molecule has 0 radical (unpaired) electrons. The van der Waals surface area contributed by atoms with Crippen LogP contribution >= 0.6 is 0 Å². The molecule has 4 rings (SSSR count).